The van der Waals surface area contributed by atoms with Crippen LogP contribution in [0.3, 0.4) is 0 Å². The molecule has 2 rings (SSSR count). The fourth-order valence-electron chi connectivity index (χ4n) is 2.23. The number of amidine groups is 1. The van der Waals surface area contributed by atoms with Crippen LogP contribution in [0.2, 0.25) is 0 Å². The normalized spacial score (nSPS) is 14.6. The van der Waals surface area contributed by atoms with Gasteiger partial charge in [-0.3, -0.25) is 5.41 Å². The van der Waals surface area contributed by atoms with Gasteiger partial charge in [-0.1, -0.05) is 6.07 Å². The van der Waals surface area contributed by atoms with Gasteiger partial charge in [0, 0.05) is 23.7 Å². The van der Waals surface area contributed by atoms with Crippen LogP contribution in [0, 0.1) is 11.3 Å². The average molecular weight is 263 g/mol. The second-order valence-corrected chi connectivity index (χ2v) is 5.60. The molecule has 0 saturated heterocycles. The zero-order valence-corrected chi connectivity index (χ0v) is 11.9. The van der Waals surface area contributed by atoms with E-state index >= 15 is 0 Å². The molecule has 0 unspecified atom stereocenters. The summed E-state index contributed by atoms with van der Waals surface area (Å²) < 4.78 is 0. The number of anilines is 1. The van der Waals surface area contributed by atoms with Gasteiger partial charge in [-0.05, 0) is 44.1 Å². The first-order valence-electron chi connectivity index (χ1n) is 6.43. The quantitative estimate of drug-likeness (QED) is 0.471. The summed E-state index contributed by atoms with van der Waals surface area (Å²) in [6.07, 6.45) is 4.71. The lowest BCUT2D eigenvalue weighted by Crippen LogP contribution is -2.28. The maximum atomic E-state index is 7.82. The van der Waals surface area contributed by atoms with Crippen molar-refractivity contribution in [1.82, 2.24) is 0 Å². The molecule has 1 aromatic rings. The predicted molar refractivity (Wildman–Crippen MR) is 79.9 cm³/mol. The number of benzene rings is 1. The molecule has 1 aromatic carbocycles. The van der Waals surface area contributed by atoms with E-state index in [0.29, 0.717) is 0 Å². The van der Waals surface area contributed by atoms with Gasteiger partial charge in [0.25, 0.3) is 0 Å². The zero-order chi connectivity index (χ0) is 13.1. The number of thioether (sulfide) groups is 1. The van der Waals surface area contributed by atoms with Gasteiger partial charge in [0.2, 0.25) is 0 Å². The lowest BCUT2D eigenvalue weighted by Gasteiger charge is -2.26. The Bertz CT molecular complexity index is 441. The van der Waals surface area contributed by atoms with Gasteiger partial charge < -0.3 is 10.6 Å². The molecule has 1 aliphatic rings. The highest BCUT2D eigenvalue weighted by Crippen LogP contribution is 2.34. The number of nitrogens with two attached hydrogens (primary N) is 1. The van der Waals surface area contributed by atoms with E-state index in [0.717, 1.165) is 35.2 Å². The Morgan fingerprint density at radius 1 is 1.50 bits per heavy atom. The summed E-state index contributed by atoms with van der Waals surface area (Å²) in [5.74, 6) is 1.01. The highest BCUT2D eigenvalue weighted by atomic mass is 32.2. The van der Waals surface area contributed by atoms with Gasteiger partial charge in [0.05, 0.1) is 5.56 Å². The fraction of sp³-hybridized carbons (Fsp3) is 0.500. The van der Waals surface area contributed by atoms with Crippen molar-refractivity contribution in [3.8, 4) is 0 Å². The molecule has 0 spiro atoms. The van der Waals surface area contributed by atoms with E-state index in [-0.39, 0.29) is 5.84 Å². The number of hydrogen-bond acceptors (Lipinski definition) is 3. The summed E-state index contributed by atoms with van der Waals surface area (Å²) in [5, 5.41) is 7.82. The van der Waals surface area contributed by atoms with Crippen LogP contribution in [0.25, 0.3) is 0 Å². The predicted octanol–water partition coefficient (Wildman–Crippen LogP) is 2.93. The molecule has 0 amide bonds. The summed E-state index contributed by atoms with van der Waals surface area (Å²) in [5.41, 5.74) is 7.78. The highest BCUT2D eigenvalue weighted by Gasteiger charge is 2.25. The first-order chi connectivity index (χ1) is 8.67. The van der Waals surface area contributed by atoms with E-state index in [1.807, 2.05) is 12.3 Å². The van der Waals surface area contributed by atoms with Crippen LogP contribution >= 0.6 is 11.8 Å². The Morgan fingerprint density at radius 3 is 2.72 bits per heavy atom. The Morgan fingerprint density at radius 2 is 2.22 bits per heavy atom. The van der Waals surface area contributed by atoms with Crippen LogP contribution in [0.5, 0.6) is 0 Å². The highest BCUT2D eigenvalue weighted by molar-refractivity contribution is 7.98. The SMILES string of the molecule is CCN(CC1CC1)c1cccc(SC)c1C(=N)N. The molecule has 0 bridgehead atoms. The Labute approximate surface area is 113 Å². The van der Waals surface area contributed by atoms with Gasteiger partial charge in [0.15, 0.2) is 0 Å². The van der Waals surface area contributed by atoms with Crippen LogP contribution in [0.4, 0.5) is 5.69 Å². The molecule has 0 aliphatic heterocycles. The third-order valence-corrected chi connectivity index (χ3v) is 4.17. The molecule has 1 aliphatic carbocycles. The van der Waals surface area contributed by atoms with Crippen LogP contribution in [0.15, 0.2) is 23.1 Å². The van der Waals surface area contributed by atoms with Gasteiger partial charge in [-0.15, -0.1) is 11.8 Å². The molecular formula is C14H21N3S. The molecule has 1 saturated carbocycles. The largest absolute Gasteiger partial charge is 0.384 e. The third-order valence-electron chi connectivity index (χ3n) is 3.39. The molecule has 3 N–H and O–H groups in total. The summed E-state index contributed by atoms with van der Waals surface area (Å²) in [6.45, 7) is 4.22. The van der Waals surface area contributed by atoms with Crippen molar-refractivity contribution in [1.29, 1.82) is 5.41 Å². The van der Waals surface area contributed by atoms with Crippen LogP contribution in [-0.4, -0.2) is 25.2 Å². The van der Waals surface area contributed by atoms with Gasteiger partial charge in [-0.2, -0.15) is 0 Å². The van der Waals surface area contributed by atoms with E-state index < -0.39 is 0 Å². The summed E-state index contributed by atoms with van der Waals surface area (Å²) in [7, 11) is 0. The second kappa shape index (κ2) is 5.65. The number of nitrogens with one attached hydrogen (secondary N) is 1. The lowest BCUT2D eigenvalue weighted by atomic mass is 10.1. The minimum atomic E-state index is 0.171. The van der Waals surface area contributed by atoms with Crippen LogP contribution in [0.1, 0.15) is 25.3 Å². The monoisotopic (exact) mass is 263 g/mol. The van der Waals surface area contributed by atoms with Gasteiger partial charge in [0.1, 0.15) is 5.84 Å². The summed E-state index contributed by atoms with van der Waals surface area (Å²) >= 11 is 1.65. The Hall–Kier alpha value is -1.16. The first kappa shape index (κ1) is 13.3. The summed E-state index contributed by atoms with van der Waals surface area (Å²) in [6, 6.07) is 6.18. The molecule has 1 fully saturated rings. The number of hydrogen-bond donors (Lipinski definition) is 2. The van der Waals surface area contributed by atoms with E-state index in [2.05, 4.69) is 24.0 Å². The number of rotatable bonds is 6. The molecule has 0 aromatic heterocycles. The standard InChI is InChI=1S/C14H21N3S/c1-3-17(9-10-7-8-10)11-5-4-6-12(18-2)13(11)14(15)16/h4-6,10H,3,7-9H2,1-2H3,(H3,15,16). The van der Waals surface area contributed by atoms with Gasteiger partial charge >= 0.3 is 0 Å². The fourth-order valence-corrected chi connectivity index (χ4v) is 2.87. The van der Waals surface area contributed by atoms with E-state index in [1.165, 1.54) is 12.8 Å². The minimum Gasteiger partial charge on any atom is -0.384 e. The van der Waals surface area contributed by atoms with Crippen molar-refractivity contribution in [2.75, 3.05) is 24.2 Å². The van der Waals surface area contributed by atoms with Crippen molar-refractivity contribution in [3.63, 3.8) is 0 Å². The Kier molecular flexibility index (Phi) is 4.17. The molecule has 0 radical (unpaired) electrons. The van der Waals surface area contributed by atoms with E-state index in [4.69, 9.17) is 11.1 Å². The van der Waals surface area contributed by atoms with Crippen molar-refractivity contribution >= 4 is 23.3 Å². The molecule has 4 heteroatoms. The molecule has 0 atom stereocenters. The van der Waals surface area contributed by atoms with E-state index in [9.17, 15) is 0 Å². The Balaban J connectivity index is 2.36. The van der Waals surface area contributed by atoms with Crippen LogP contribution < -0.4 is 10.6 Å². The van der Waals surface area contributed by atoms with Gasteiger partial charge in [-0.25, -0.2) is 0 Å². The molecule has 0 heterocycles. The van der Waals surface area contributed by atoms with Crippen molar-refractivity contribution in [2.45, 2.75) is 24.7 Å². The zero-order valence-electron chi connectivity index (χ0n) is 11.1. The van der Waals surface area contributed by atoms with Crippen molar-refractivity contribution < 1.29 is 0 Å². The van der Waals surface area contributed by atoms with Crippen molar-refractivity contribution in [2.24, 2.45) is 11.7 Å². The minimum absolute atomic E-state index is 0.171. The van der Waals surface area contributed by atoms with Crippen molar-refractivity contribution in [3.05, 3.63) is 23.8 Å². The first-order valence-corrected chi connectivity index (χ1v) is 7.66. The topological polar surface area (TPSA) is 53.1 Å². The summed E-state index contributed by atoms with van der Waals surface area (Å²) in [4.78, 5) is 3.45. The van der Waals surface area contributed by atoms with E-state index in [1.54, 1.807) is 11.8 Å². The van der Waals surface area contributed by atoms with Crippen LogP contribution in [-0.2, 0) is 0 Å². The molecule has 18 heavy (non-hydrogen) atoms. The number of nitrogen functional groups attached to an aromatic ring is 1. The number of nitrogens with zero attached hydrogens (tertiary/aromatic N) is 1. The maximum absolute atomic E-state index is 7.82. The smallest absolute Gasteiger partial charge is 0.126 e. The third kappa shape index (κ3) is 2.80. The maximum Gasteiger partial charge on any atom is 0.126 e. The average Bonchev–Trinajstić information content (AvgIpc) is 3.18. The second-order valence-electron chi connectivity index (χ2n) is 4.75. The molecular weight excluding hydrogens is 242 g/mol. The lowest BCUT2D eigenvalue weighted by molar-refractivity contribution is 0.740. The molecule has 98 valence electrons. The molecule has 3 nitrogen and oxygen atoms in total.